The van der Waals surface area contributed by atoms with Crippen molar-refractivity contribution in [1.29, 1.82) is 0 Å². The molecule has 8 heteroatoms. The van der Waals surface area contributed by atoms with E-state index in [0.29, 0.717) is 0 Å². The monoisotopic (exact) mass is 431 g/mol. The third-order valence-corrected chi connectivity index (χ3v) is 6.45. The lowest BCUT2D eigenvalue weighted by Crippen LogP contribution is -2.44. The molecule has 0 spiro atoms. The lowest BCUT2D eigenvalue weighted by atomic mass is 9.64. The molecule has 1 aliphatic heterocycles. The number of aliphatic carboxylic acids is 1. The normalized spacial score (nSPS) is 22.0. The number of ether oxygens (including phenoxy) is 1. The molecular weight excluding hydrogens is 397 g/mol. The second-order valence-corrected chi connectivity index (χ2v) is 10.7. The molecule has 0 aromatic heterocycles. The number of carboxylic acids is 1. The summed E-state index contributed by atoms with van der Waals surface area (Å²) in [6.07, 6.45) is 1.40. The van der Waals surface area contributed by atoms with Crippen LogP contribution in [-0.4, -0.2) is 47.1 Å². The molecule has 1 aromatic carbocycles. The predicted octanol–water partition coefficient (Wildman–Crippen LogP) is 3.87. The van der Waals surface area contributed by atoms with E-state index in [0.717, 1.165) is 24.0 Å². The first-order valence-corrected chi connectivity index (χ1v) is 10.8. The van der Waals surface area contributed by atoms with Crippen molar-refractivity contribution in [3.05, 3.63) is 35.4 Å². The van der Waals surface area contributed by atoms with Gasteiger partial charge in [0, 0.05) is 11.7 Å². The van der Waals surface area contributed by atoms with Crippen LogP contribution >= 0.6 is 0 Å². The molecule has 31 heavy (non-hydrogen) atoms. The van der Waals surface area contributed by atoms with Crippen LogP contribution in [0.25, 0.3) is 0 Å². The number of carbonyl (C=O) groups excluding carboxylic acids is 1. The minimum Gasteiger partial charge on any atom is -0.480 e. The SMILES string of the molecule is CC(C)(C)OC(=O)NC(Cc1ccc(C2(B3OC(C)(C)C(C)(C)O3)CC2)cc1)C(=O)O. The molecule has 1 amide bonds. The molecule has 0 bridgehead atoms. The summed E-state index contributed by atoms with van der Waals surface area (Å²) in [7, 11) is -0.302. The van der Waals surface area contributed by atoms with Crippen LogP contribution in [0.2, 0.25) is 0 Å². The van der Waals surface area contributed by atoms with Crippen LogP contribution in [0.1, 0.15) is 72.4 Å². The van der Waals surface area contributed by atoms with Gasteiger partial charge in [0.05, 0.1) is 11.2 Å². The van der Waals surface area contributed by atoms with Crippen molar-refractivity contribution in [2.24, 2.45) is 0 Å². The van der Waals surface area contributed by atoms with E-state index < -0.39 is 23.7 Å². The van der Waals surface area contributed by atoms with E-state index in [9.17, 15) is 14.7 Å². The zero-order valence-electron chi connectivity index (χ0n) is 19.6. The number of hydrogen-bond acceptors (Lipinski definition) is 5. The Hall–Kier alpha value is -2.06. The summed E-state index contributed by atoms with van der Waals surface area (Å²) in [6, 6.07) is 6.78. The Morgan fingerprint density at radius 2 is 1.61 bits per heavy atom. The van der Waals surface area contributed by atoms with E-state index in [2.05, 4.69) is 33.0 Å². The zero-order valence-corrected chi connectivity index (χ0v) is 19.6. The Morgan fingerprint density at radius 3 is 2.03 bits per heavy atom. The van der Waals surface area contributed by atoms with Gasteiger partial charge in [-0.1, -0.05) is 24.3 Å². The van der Waals surface area contributed by atoms with Gasteiger partial charge in [-0.25, -0.2) is 9.59 Å². The molecule has 7 nitrogen and oxygen atoms in total. The van der Waals surface area contributed by atoms with Gasteiger partial charge in [-0.3, -0.25) is 0 Å². The van der Waals surface area contributed by atoms with E-state index >= 15 is 0 Å². The molecule has 1 atom stereocenters. The number of carboxylic acid groups (broad SMARTS) is 1. The number of nitrogens with one attached hydrogen (secondary N) is 1. The van der Waals surface area contributed by atoms with E-state index in [1.165, 1.54) is 0 Å². The highest BCUT2D eigenvalue weighted by atomic mass is 16.7. The number of alkyl carbamates (subject to hydrolysis) is 1. The molecule has 2 N–H and O–H groups in total. The van der Waals surface area contributed by atoms with Gasteiger partial charge in [-0.05, 0) is 72.4 Å². The summed E-state index contributed by atoms with van der Waals surface area (Å²) in [5.74, 6) is -1.11. The van der Waals surface area contributed by atoms with Crippen LogP contribution in [0, 0.1) is 0 Å². The maximum atomic E-state index is 12.0. The average molecular weight is 431 g/mol. The first-order valence-electron chi connectivity index (χ1n) is 10.8. The van der Waals surface area contributed by atoms with Gasteiger partial charge >= 0.3 is 19.2 Å². The number of amides is 1. The van der Waals surface area contributed by atoms with Gasteiger partial charge in [0.15, 0.2) is 0 Å². The third-order valence-electron chi connectivity index (χ3n) is 6.45. The summed E-state index contributed by atoms with van der Waals surface area (Å²) < 4.78 is 17.8. The van der Waals surface area contributed by atoms with Crippen LogP contribution < -0.4 is 5.32 Å². The Balaban J connectivity index is 1.68. The minimum atomic E-state index is -1.11. The molecule has 1 saturated heterocycles. The maximum Gasteiger partial charge on any atom is 0.469 e. The van der Waals surface area contributed by atoms with Crippen molar-refractivity contribution in [3.63, 3.8) is 0 Å². The molecule has 1 aromatic rings. The first-order chi connectivity index (χ1) is 14.2. The van der Waals surface area contributed by atoms with Crippen LogP contribution in [0.3, 0.4) is 0 Å². The molecule has 170 valence electrons. The fourth-order valence-electron chi connectivity index (χ4n) is 3.72. The van der Waals surface area contributed by atoms with Crippen molar-refractivity contribution in [3.8, 4) is 0 Å². The van der Waals surface area contributed by atoms with E-state index in [1.807, 2.05) is 24.3 Å². The van der Waals surface area contributed by atoms with Crippen molar-refractivity contribution in [2.45, 2.75) is 95.9 Å². The topological polar surface area (TPSA) is 94.1 Å². The third kappa shape index (κ3) is 5.06. The average Bonchev–Trinajstić information content (AvgIpc) is 3.37. The zero-order chi connectivity index (χ0) is 23.2. The van der Waals surface area contributed by atoms with Gasteiger partial charge in [0.2, 0.25) is 0 Å². The molecule has 1 unspecified atom stereocenters. The number of hydrogen-bond donors (Lipinski definition) is 2. The highest BCUT2D eigenvalue weighted by Gasteiger charge is 2.65. The van der Waals surface area contributed by atoms with Gasteiger partial charge in [0.25, 0.3) is 0 Å². The maximum absolute atomic E-state index is 12.0. The quantitative estimate of drug-likeness (QED) is 0.665. The first kappa shape index (κ1) is 23.6. The second-order valence-electron chi connectivity index (χ2n) is 10.7. The van der Waals surface area contributed by atoms with Crippen LogP contribution in [0.15, 0.2) is 24.3 Å². The summed E-state index contributed by atoms with van der Waals surface area (Å²) in [6.45, 7) is 13.4. The second kappa shape index (κ2) is 7.82. The molecule has 0 radical (unpaired) electrons. The minimum absolute atomic E-state index is 0.162. The standard InChI is InChI=1S/C23H34BNO6/c1-20(2,3)29-19(28)25-17(18(26)27)14-15-8-10-16(11-9-15)23(12-13-23)24-30-21(4,5)22(6,7)31-24/h8-11,17H,12-14H2,1-7H3,(H,25,28)(H,26,27). The molecule has 1 heterocycles. The molecule has 1 aliphatic carbocycles. The lowest BCUT2D eigenvalue weighted by Gasteiger charge is -2.32. The Bertz CT molecular complexity index is 823. The summed E-state index contributed by atoms with van der Waals surface area (Å²) in [5.41, 5.74) is 0.490. The van der Waals surface area contributed by atoms with Gasteiger partial charge in [0.1, 0.15) is 11.6 Å². The molecule has 2 fully saturated rings. The molecular formula is C23H34BNO6. The number of benzene rings is 1. The van der Waals surface area contributed by atoms with Crippen molar-refractivity contribution in [2.75, 3.05) is 0 Å². The predicted molar refractivity (Wildman–Crippen MR) is 118 cm³/mol. The fourth-order valence-corrected chi connectivity index (χ4v) is 3.72. The summed E-state index contributed by atoms with van der Waals surface area (Å²) in [5, 5.41) is 11.8. The van der Waals surface area contributed by atoms with Crippen LogP contribution in [0.5, 0.6) is 0 Å². The van der Waals surface area contributed by atoms with Crippen LogP contribution in [0.4, 0.5) is 4.79 Å². The van der Waals surface area contributed by atoms with Gasteiger partial charge < -0.3 is 24.5 Å². The Morgan fingerprint density at radius 1 is 1.10 bits per heavy atom. The van der Waals surface area contributed by atoms with Crippen molar-refractivity contribution >= 4 is 19.2 Å². The van der Waals surface area contributed by atoms with Gasteiger partial charge in [-0.15, -0.1) is 0 Å². The molecule has 1 saturated carbocycles. The van der Waals surface area contributed by atoms with E-state index in [4.69, 9.17) is 14.0 Å². The van der Waals surface area contributed by atoms with E-state index in [-0.39, 0.29) is 30.1 Å². The highest BCUT2D eigenvalue weighted by Crippen LogP contribution is 2.55. The molecule has 2 aliphatic rings. The summed E-state index contributed by atoms with van der Waals surface area (Å²) in [4.78, 5) is 23.6. The lowest BCUT2D eigenvalue weighted by molar-refractivity contribution is -0.139. The summed E-state index contributed by atoms with van der Waals surface area (Å²) >= 11 is 0. The van der Waals surface area contributed by atoms with Crippen molar-refractivity contribution in [1.82, 2.24) is 5.32 Å². The van der Waals surface area contributed by atoms with Crippen molar-refractivity contribution < 1.29 is 28.7 Å². The number of rotatable bonds is 6. The Kier molecular flexibility index (Phi) is 5.95. The highest BCUT2D eigenvalue weighted by molar-refractivity contribution is 6.51. The molecule has 3 rings (SSSR count). The Labute approximate surface area is 185 Å². The van der Waals surface area contributed by atoms with Gasteiger partial charge in [-0.2, -0.15) is 0 Å². The smallest absolute Gasteiger partial charge is 0.469 e. The van der Waals surface area contributed by atoms with Crippen LogP contribution in [-0.2, 0) is 30.6 Å². The largest absolute Gasteiger partial charge is 0.480 e. The van der Waals surface area contributed by atoms with E-state index in [1.54, 1.807) is 20.8 Å². The fraction of sp³-hybridized carbons (Fsp3) is 0.652. The number of carbonyl (C=O) groups is 2.